The van der Waals surface area contributed by atoms with Crippen molar-refractivity contribution in [1.29, 1.82) is 0 Å². The highest BCUT2D eigenvalue weighted by atomic mass is 32.2. The topological polar surface area (TPSA) is 120 Å². The van der Waals surface area contributed by atoms with Gasteiger partial charge in [0, 0.05) is 18.5 Å². The summed E-state index contributed by atoms with van der Waals surface area (Å²) in [6, 6.07) is 4.25. The molecule has 0 aliphatic carbocycles. The van der Waals surface area contributed by atoms with Crippen LogP contribution in [0.3, 0.4) is 0 Å². The molecule has 2 heterocycles. The fraction of sp³-hybridized carbons (Fsp3) is 0.333. The second-order valence-electron chi connectivity index (χ2n) is 6.95. The van der Waals surface area contributed by atoms with Gasteiger partial charge in [-0.25, -0.2) is 22.5 Å². The van der Waals surface area contributed by atoms with E-state index in [1.807, 2.05) is 4.72 Å². The molecule has 0 spiro atoms. The van der Waals surface area contributed by atoms with Gasteiger partial charge in [0.25, 0.3) is 11.5 Å². The van der Waals surface area contributed by atoms with Gasteiger partial charge in [0.2, 0.25) is 10.0 Å². The molecule has 9 nitrogen and oxygen atoms in total. The number of amides is 1. The van der Waals surface area contributed by atoms with E-state index >= 15 is 0 Å². The molecule has 2 aromatic heterocycles. The van der Waals surface area contributed by atoms with Gasteiger partial charge in [-0.05, 0) is 43.1 Å². The van der Waals surface area contributed by atoms with E-state index in [-0.39, 0.29) is 23.2 Å². The molecule has 3 rings (SSSR count). The molecule has 1 unspecified atom stereocenters. The molecule has 3 aromatic rings. The van der Waals surface area contributed by atoms with Gasteiger partial charge in [-0.3, -0.25) is 14.2 Å². The van der Waals surface area contributed by atoms with E-state index in [0.717, 1.165) is 18.6 Å². The molecule has 0 saturated carbocycles. The third-order valence-corrected chi connectivity index (χ3v) is 7.57. The number of sulfonamides is 1. The summed E-state index contributed by atoms with van der Waals surface area (Å²) in [7, 11) is -3.07. The maximum absolute atomic E-state index is 13.1. The number of carbonyl (C=O) groups is 1. The molecule has 0 aliphatic heterocycles. The van der Waals surface area contributed by atoms with Crippen LogP contribution in [0.2, 0.25) is 0 Å². The molecule has 0 aliphatic rings. The number of halogens is 3. The van der Waals surface area contributed by atoms with Crippen molar-refractivity contribution in [3.63, 3.8) is 0 Å². The van der Waals surface area contributed by atoms with E-state index in [9.17, 15) is 36.0 Å². The lowest BCUT2D eigenvalue weighted by molar-refractivity contribution is -0.144. The highest BCUT2D eigenvalue weighted by molar-refractivity contribution is 7.90. The first-order chi connectivity index (χ1) is 14.8. The predicted octanol–water partition coefficient (Wildman–Crippen LogP) is 2.02. The summed E-state index contributed by atoms with van der Waals surface area (Å²) in [6.07, 6.45) is -4.63. The van der Waals surface area contributed by atoms with Crippen LogP contribution >= 0.6 is 11.5 Å². The highest BCUT2D eigenvalue weighted by Crippen LogP contribution is 2.28. The van der Waals surface area contributed by atoms with Crippen molar-refractivity contribution in [3.8, 4) is 5.69 Å². The summed E-state index contributed by atoms with van der Waals surface area (Å²) < 4.78 is 70.7. The molecule has 1 atom stereocenters. The lowest BCUT2D eigenvalue weighted by Crippen LogP contribution is -2.40. The normalized spacial score (nSPS) is 13.3. The van der Waals surface area contributed by atoms with E-state index in [1.165, 1.54) is 25.1 Å². The van der Waals surface area contributed by atoms with Crippen LogP contribution in [0, 0.1) is 0 Å². The summed E-state index contributed by atoms with van der Waals surface area (Å²) in [5.74, 6) is -0.999. The molecule has 1 aromatic carbocycles. The van der Waals surface area contributed by atoms with Crippen LogP contribution < -0.4 is 16.0 Å². The van der Waals surface area contributed by atoms with Crippen LogP contribution in [0.25, 0.3) is 15.8 Å². The van der Waals surface area contributed by atoms with Gasteiger partial charge in [0.1, 0.15) is 5.69 Å². The Kier molecular flexibility index (Phi) is 6.04. The lowest BCUT2D eigenvalue weighted by atomic mass is 10.2. The molecule has 1 N–H and O–H groups in total. The molecule has 0 fully saturated rings. The van der Waals surface area contributed by atoms with Crippen LogP contribution in [-0.4, -0.2) is 33.1 Å². The summed E-state index contributed by atoms with van der Waals surface area (Å²) in [4.78, 5) is 37.4. The summed E-state index contributed by atoms with van der Waals surface area (Å²) in [6.45, 7) is 3.07. The number of nitrogens with zero attached hydrogens (tertiary/aromatic N) is 3. The molecular weight excluding hydrogens is 473 g/mol. The minimum absolute atomic E-state index is 0.101. The molecule has 1 amide bonds. The summed E-state index contributed by atoms with van der Waals surface area (Å²) in [5, 5.41) is -0.696. The van der Waals surface area contributed by atoms with E-state index < -0.39 is 44.3 Å². The molecule has 14 heteroatoms. The monoisotopic (exact) mass is 490 g/mol. The number of carbonyl (C=O) groups excluding carboxylic acids is 1. The Hall–Kier alpha value is -3.00. The van der Waals surface area contributed by atoms with Gasteiger partial charge in [0.05, 0.1) is 15.6 Å². The van der Waals surface area contributed by atoms with Crippen molar-refractivity contribution in [2.24, 2.45) is 7.05 Å². The van der Waals surface area contributed by atoms with E-state index in [4.69, 9.17) is 0 Å². The van der Waals surface area contributed by atoms with Crippen molar-refractivity contribution in [1.82, 2.24) is 18.2 Å². The number of hydrogen-bond acceptors (Lipinski definition) is 7. The zero-order chi connectivity index (χ0) is 24.0. The van der Waals surface area contributed by atoms with Gasteiger partial charge >= 0.3 is 11.9 Å². The van der Waals surface area contributed by atoms with Crippen molar-refractivity contribution < 1.29 is 26.4 Å². The Morgan fingerprint density at radius 2 is 1.91 bits per heavy atom. The van der Waals surface area contributed by atoms with Crippen molar-refractivity contribution in [2.45, 2.75) is 31.7 Å². The van der Waals surface area contributed by atoms with E-state index in [2.05, 4.69) is 4.37 Å². The lowest BCUT2D eigenvalue weighted by Gasteiger charge is -2.14. The first-order valence-electron chi connectivity index (χ1n) is 9.14. The van der Waals surface area contributed by atoms with E-state index in [1.54, 1.807) is 6.92 Å². The first-order valence-corrected chi connectivity index (χ1v) is 11.5. The zero-order valence-corrected chi connectivity index (χ0v) is 18.6. The Balaban J connectivity index is 2.13. The Morgan fingerprint density at radius 1 is 1.25 bits per heavy atom. The van der Waals surface area contributed by atoms with Crippen LogP contribution in [-0.2, 0) is 23.2 Å². The average molecular weight is 490 g/mol. The van der Waals surface area contributed by atoms with Gasteiger partial charge in [-0.2, -0.15) is 17.5 Å². The molecule has 0 radical (unpaired) electrons. The number of alkyl halides is 3. The molecule has 0 bridgehead atoms. The number of fused-ring (bicyclic) bond motifs is 1. The van der Waals surface area contributed by atoms with Gasteiger partial charge in [-0.1, -0.05) is 6.92 Å². The van der Waals surface area contributed by atoms with Crippen LogP contribution in [0.1, 0.15) is 36.5 Å². The van der Waals surface area contributed by atoms with Crippen LogP contribution in [0.5, 0.6) is 0 Å². The largest absolute Gasteiger partial charge is 0.431 e. The number of benzene rings is 1. The number of hydrogen-bond donors (Lipinski definition) is 1. The van der Waals surface area contributed by atoms with Gasteiger partial charge in [-0.15, -0.1) is 0 Å². The number of aromatic nitrogens is 3. The minimum atomic E-state index is -4.90. The second-order valence-corrected chi connectivity index (χ2v) is 9.85. The third-order valence-electron chi connectivity index (χ3n) is 4.88. The smallest absolute Gasteiger partial charge is 0.292 e. The van der Waals surface area contributed by atoms with Crippen molar-refractivity contribution >= 4 is 37.5 Å². The summed E-state index contributed by atoms with van der Waals surface area (Å²) >= 11 is 0.879. The van der Waals surface area contributed by atoms with Crippen molar-refractivity contribution in [3.05, 3.63) is 56.5 Å². The Labute approximate surface area is 183 Å². The third kappa shape index (κ3) is 4.19. The second kappa shape index (κ2) is 8.16. The summed E-state index contributed by atoms with van der Waals surface area (Å²) in [5.41, 5.74) is -4.21. The van der Waals surface area contributed by atoms with Gasteiger partial charge < -0.3 is 0 Å². The quantitative estimate of drug-likeness (QED) is 0.584. The Bertz CT molecular complexity index is 1440. The van der Waals surface area contributed by atoms with Crippen molar-refractivity contribution in [2.75, 3.05) is 0 Å². The molecule has 172 valence electrons. The van der Waals surface area contributed by atoms with E-state index in [0.29, 0.717) is 19.9 Å². The van der Waals surface area contributed by atoms with Crippen LogP contribution in [0.4, 0.5) is 13.2 Å². The Morgan fingerprint density at radius 3 is 2.50 bits per heavy atom. The first kappa shape index (κ1) is 23.7. The minimum Gasteiger partial charge on any atom is -0.292 e. The van der Waals surface area contributed by atoms with Crippen LogP contribution in [0.15, 0.2) is 33.9 Å². The molecular formula is C18H17F3N4O5S2. The standard InChI is InChI=1S/C18H17F3N4O5S2/c1-4-9(2)32(29,30)23-16(27)15-11-7-10(5-6-12(11)31-22-15)25-14(26)8-13(18(19,20)21)24(3)17(25)28/h5-9H,4H2,1-3H3,(H,23,27). The maximum atomic E-state index is 13.1. The number of nitrogens with one attached hydrogen (secondary N) is 1. The highest BCUT2D eigenvalue weighted by Gasteiger charge is 2.35. The fourth-order valence-corrected chi connectivity index (χ4v) is 4.61. The molecule has 32 heavy (non-hydrogen) atoms. The maximum Gasteiger partial charge on any atom is 0.431 e. The molecule has 0 saturated heterocycles. The SMILES string of the molecule is CCC(C)S(=O)(=O)NC(=O)c1nsc2ccc(-n3c(=O)cc(C(F)(F)F)n(C)c3=O)cc12. The fourth-order valence-electron chi connectivity index (χ4n) is 2.86. The predicted molar refractivity (Wildman–Crippen MR) is 112 cm³/mol. The number of rotatable bonds is 5. The zero-order valence-electron chi connectivity index (χ0n) is 16.9. The van der Waals surface area contributed by atoms with Gasteiger partial charge in [0.15, 0.2) is 5.69 Å². The average Bonchev–Trinajstić information content (AvgIpc) is 3.12.